The quantitative estimate of drug-likeness (QED) is 0.800. The third-order valence-electron chi connectivity index (χ3n) is 1.97. The lowest BCUT2D eigenvalue weighted by atomic mass is 9.92. The largest absolute Gasteiger partial charge is 0.351 e. The lowest BCUT2D eigenvalue weighted by Crippen LogP contribution is -2.25. The fourth-order valence-electron chi connectivity index (χ4n) is 1.09. The van der Waals surface area contributed by atoms with Crippen LogP contribution in [0, 0.1) is 0 Å². The SMILES string of the molecule is CCNC(=O)c1cncc(C(C)(C)C)n1. The maximum Gasteiger partial charge on any atom is 0.271 e. The average molecular weight is 207 g/mol. The second kappa shape index (κ2) is 4.38. The van der Waals surface area contributed by atoms with E-state index in [4.69, 9.17) is 0 Å². The van der Waals surface area contributed by atoms with E-state index < -0.39 is 0 Å². The molecule has 0 atom stereocenters. The van der Waals surface area contributed by atoms with Crippen LogP contribution in [-0.2, 0) is 5.41 Å². The summed E-state index contributed by atoms with van der Waals surface area (Å²) in [7, 11) is 0. The Bertz CT molecular complexity index is 355. The van der Waals surface area contributed by atoms with Crippen molar-refractivity contribution in [3.05, 3.63) is 23.8 Å². The molecule has 0 aliphatic carbocycles. The second-order valence-electron chi connectivity index (χ2n) is 4.40. The van der Waals surface area contributed by atoms with Crippen molar-refractivity contribution in [1.29, 1.82) is 0 Å². The van der Waals surface area contributed by atoms with Crippen LogP contribution in [0.3, 0.4) is 0 Å². The molecule has 0 spiro atoms. The lowest BCUT2D eigenvalue weighted by Gasteiger charge is -2.17. The summed E-state index contributed by atoms with van der Waals surface area (Å²) in [5, 5.41) is 2.70. The molecule has 0 saturated heterocycles. The van der Waals surface area contributed by atoms with Crippen molar-refractivity contribution in [3.8, 4) is 0 Å². The number of rotatable bonds is 2. The number of hydrogen-bond acceptors (Lipinski definition) is 3. The summed E-state index contributed by atoms with van der Waals surface area (Å²) in [5.41, 5.74) is 1.12. The number of aromatic nitrogens is 2. The van der Waals surface area contributed by atoms with Crippen molar-refractivity contribution in [2.75, 3.05) is 6.54 Å². The van der Waals surface area contributed by atoms with Gasteiger partial charge in [0.15, 0.2) is 0 Å². The third kappa shape index (κ3) is 3.01. The van der Waals surface area contributed by atoms with Crippen LogP contribution in [0.15, 0.2) is 12.4 Å². The maximum atomic E-state index is 11.5. The van der Waals surface area contributed by atoms with Gasteiger partial charge >= 0.3 is 0 Å². The lowest BCUT2D eigenvalue weighted by molar-refractivity contribution is 0.0950. The van der Waals surface area contributed by atoms with E-state index in [-0.39, 0.29) is 11.3 Å². The summed E-state index contributed by atoms with van der Waals surface area (Å²) >= 11 is 0. The highest BCUT2D eigenvalue weighted by atomic mass is 16.1. The minimum absolute atomic E-state index is 0.0878. The summed E-state index contributed by atoms with van der Waals surface area (Å²) in [5.74, 6) is -0.170. The van der Waals surface area contributed by atoms with E-state index in [2.05, 4.69) is 15.3 Å². The normalized spacial score (nSPS) is 11.2. The average Bonchev–Trinajstić information content (AvgIpc) is 2.17. The van der Waals surface area contributed by atoms with E-state index in [0.29, 0.717) is 12.2 Å². The molecule has 1 aromatic rings. The van der Waals surface area contributed by atoms with E-state index in [1.54, 1.807) is 6.20 Å². The molecule has 1 amide bonds. The van der Waals surface area contributed by atoms with Crippen LogP contribution in [0.5, 0.6) is 0 Å². The van der Waals surface area contributed by atoms with Gasteiger partial charge in [0.05, 0.1) is 11.9 Å². The molecule has 1 heterocycles. The summed E-state index contributed by atoms with van der Waals surface area (Å²) in [6, 6.07) is 0. The first-order valence-electron chi connectivity index (χ1n) is 5.06. The van der Waals surface area contributed by atoms with Gasteiger partial charge in [-0.25, -0.2) is 4.98 Å². The Morgan fingerprint density at radius 2 is 2.07 bits per heavy atom. The second-order valence-corrected chi connectivity index (χ2v) is 4.40. The number of amides is 1. The zero-order chi connectivity index (χ0) is 11.5. The van der Waals surface area contributed by atoms with Gasteiger partial charge in [-0.15, -0.1) is 0 Å². The molecule has 0 bridgehead atoms. The van der Waals surface area contributed by atoms with E-state index in [0.717, 1.165) is 5.69 Å². The van der Waals surface area contributed by atoms with Crippen molar-refractivity contribution < 1.29 is 4.79 Å². The van der Waals surface area contributed by atoms with Crippen LogP contribution in [-0.4, -0.2) is 22.4 Å². The summed E-state index contributed by atoms with van der Waals surface area (Å²) < 4.78 is 0. The molecule has 0 fully saturated rings. The highest BCUT2D eigenvalue weighted by molar-refractivity contribution is 5.91. The van der Waals surface area contributed by atoms with E-state index >= 15 is 0 Å². The van der Waals surface area contributed by atoms with Gasteiger partial charge in [-0.2, -0.15) is 0 Å². The first-order valence-corrected chi connectivity index (χ1v) is 5.06. The zero-order valence-electron chi connectivity index (χ0n) is 9.66. The fourth-order valence-corrected chi connectivity index (χ4v) is 1.09. The zero-order valence-corrected chi connectivity index (χ0v) is 9.66. The van der Waals surface area contributed by atoms with Crippen LogP contribution in [0.1, 0.15) is 43.9 Å². The van der Waals surface area contributed by atoms with Crippen molar-refractivity contribution in [3.63, 3.8) is 0 Å². The highest BCUT2D eigenvalue weighted by Crippen LogP contribution is 2.18. The minimum Gasteiger partial charge on any atom is -0.351 e. The molecule has 4 nitrogen and oxygen atoms in total. The van der Waals surface area contributed by atoms with Crippen molar-refractivity contribution >= 4 is 5.91 Å². The third-order valence-corrected chi connectivity index (χ3v) is 1.97. The van der Waals surface area contributed by atoms with Gasteiger partial charge in [0.25, 0.3) is 5.91 Å². The van der Waals surface area contributed by atoms with Crippen molar-refractivity contribution in [2.45, 2.75) is 33.1 Å². The number of carbonyl (C=O) groups excluding carboxylic acids is 1. The van der Waals surface area contributed by atoms with Gasteiger partial charge in [0.1, 0.15) is 5.69 Å². The number of hydrogen-bond donors (Lipinski definition) is 1. The number of nitrogens with zero attached hydrogens (tertiary/aromatic N) is 2. The molecule has 0 aliphatic heterocycles. The Morgan fingerprint density at radius 3 is 2.60 bits per heavy atom. The topological polar surface area (TPSA) is 54.9 Å². The van der Waals surface area contributed by atoms with Gasteiger partial charge in [-0.1, -0.05) is 20.8 Å². The molecular formula is C11H17N3O. The molecule has 1 aromatic heterocycles. The van der Waals surface area contributed by atoms with Gasteiger partial charge < -0.3 is 5.32 Å². The van der Waals surface area contributed by atoms with Crippen LogP contribution < -0.4 is 5.32 Å². The first-order chi connectivity index (χ1) is 6.95. The smallest absolute Gasteiger partial charge is 0.271 e. The molecule has 0 radical (unpaired) electrons. The Morgan fingerprint density at radius 1 is 1.40 bits per heavy atom. The molecule has 4 heteroatoms. The number of carbonyl (C=O) groups is 1. The summed E-state index contributed by atoms with van der Waals surface area (Å²) in [4.78, 5) is 19.8. The number of nitrogens with one attached hydrogen (secondary N) is 1. The standard InChI is InChI=1S/C11H17N3O/c1-5-13-10(15)8-6-12-7-9(14-8)11(2,3)4/h6-7H,5H2,1-4H3,(H,13,15). The molecule has 0 aromatic carbocycles. The predicted octanol–water partition coefficient (Wildman–Crippen LogP) is 1.52. The Labute approximate surface area is 90.1 Å². The molecule has 15 heavy (non-hydrogen) atoms. The van der Waals surface area contributed by atoms with E-state index in [1.807, 2.05) is 27.7 Å². The van der Waals surface area contributed by atoms with Gasteiger partial charge in [0.2, 0.25) is 0 Å². The first kappa shape index (κ1) is 11.6. The maximum absolute atomic E-state index is 11.5. The van der Waals surface area contributed by atoms with E-state index in [1.165, 1.54) is 6.20 Å². The van der Waals surface area contributed by atoms with Gasteiger partial charge in [0, 0.05) is 18.2 Å². The monoisotopic (exact) mass is 207 g/mol. The molecule has 1 rings (SSSR count). The van der Waals surface area contributed by atoms with Crippen molar-refractivity contribution in [1.82, 2.24) is 15.3 Å². The van der Waals surface area contributed by atoms with Crippen molar-refractivity contribution in [2.24, 2.45) is 0 Å². The summed E-state index contributed by atoms with van der Waals surface area (Å²) in [6.45, 7) is 8.59. The molecular weight excluding hydrogens is 190 g/mol. The highest BCUT2D eigenvalue weighted by Gasteiger charge is 2.17. The molecule has 0 unspecified atom stereocenters. The van der Waals surface area contributed by atoms with Gasteiger partial charge in [-0.05, 0) is 6.92 Å². The van der Waals surface area contributed by atoms with Crippen LogP contribution in [0.2, 0.25) is 0 Å². The fraction of sp³-hybridized carbons (Fsp3) is 0.545. The molecule has 1 N–H and O–H groups in total. The molecule has 0 aliphatic rings. The van der Waals surface area contributed by atoms with Gasteiger partial charge in [-0.3, -0.25) is 9.78 Å². The van der Waals surface area contributed by atoms with Crippen LogP contribution in [0.4, 0.5) is 0 Å². The molecule has 82 valence electrons. The summed E-state index contributed by atoms with van der Waals surface area (Å²) in [6.07, 6.45) is 3.18. The Hall–Kier alpha value is -1.45. The van der Waals surface area contributed by atoms with E-state index in [9.17, 15) is 4.79 Å². The minimum atomic E-state index is -0.170. The van der Waals surface area contributed by atoms with Crippen LogP contribution >= 0.6 is 0 Å². The Balaban J connectivity index is 2.98. The molecule has 0 saturated carbocycles. The Kier molecular flexibility index (Phi) is 3.39. The van der Waals surface area contributed by atoms with Crippen LogP contribution in [0.25, 0.3) is 0 Å². The predicted molar refractivity (Wildman–Crippen MR) is 58.7 cm³/mol.